The Labute approximate surface area is 225 Å². The van der Waals surface area contributed by atoms with Crippen LogP contribution in [-0.4, -0.2) is 56.2 Å². The fourth-order valence-electron chi connectivity index (χ4n) is 5.12. The maximum absolute atomic E-state index is 13.6. The van der Waals surface area contributed by atoms with Gasteiger partial charge in [0.2, 0.25) is 17.9 Å². The van der Waals surface area contributed by atoms with E-state index in [2.05, 4.69) is 22.4 Å². The number of rotatable bonds is 11. The Bertz CT molecular complexity index is 1140. The molecule has 0 bridgehead atoms. The molecule has 1 aliphatic carbocycles. The normalized spacial score (nSPS) is 19.2. The molecule has 1 fully saturated rings. The van der Waals surface area contributed by atoms with Crippen LogP contribution in [0.25, 0.3) is 0 Å². The van der Waals surface area contributed by atoms with E-state index in [1.807, 2.05) is 50.9 Å². The van der Waals surface area contributed by atoms with Crippen molar-refractivity contribution in [3.8, 4) is 23.4 Å². The zero-order chi connectivity index (χ0) is 27.5. The van der Waals surface area contributed by atoms with Crippen LogP contribution >= 0.6 is 0 Å². The van der Waals surface area contributed by atoms with E-state index in [9.17, 15) is 4.79 Å². The van der Waals surface area contributed by atoms with Crippen molar-refractivity contribution in [2.45, 2.75) is 57.9 Å². The summed E-state index contributed by atoms with van der Waals surface area (Å²) in [6.45, 7) is 7.40. The summed E-state index contributed by atoms with van der Waals surface area (Å²) in [6, 6.07) is 14.0. The number of hydrogen-bond acceptors (Lipinski definition) is 6. The lowest BCUT2D eigenvalue weighted by Crippen LogP contribution is -2.49. The number of carbonyl (C=O) groups excluding carboxylic acids is 1. The molecule has 204 valence electrons. The first-order chi connectivity index (χ1) is 18.4. The van der Waals surface area contributed by atoms with Gasteiger partial charge in [-0.2, -0.15) is 5.26 Å². The molecular weight excluding hydrogens is 482 g/mol. The van der Waals surface area contributed by atoms with E-state index >= 15 is 0 Å². The lowest BCUT2D eigenvalue weighted by molar-refractivity contribution is 0.0926. The first-order valence-corrected chi connectivity index (χ1v) is 13.2. The number of nitriles is 1. The summed E-state index contributed by atoms with van der Waals surface area (Å²) in [4.78, 5) is 19.1. The average Bonchev–Trinajstić information content (AvgIpc) is 2.94. The van der Waals surface area contributed by atoms with Crippen LogP contribution < -0.4 is 25.3 Å². The van der Waals surface area contributed by atoms with Crippen molar-refractivity contribution < 1.29 is 19.0 Å². The van der Waals surface area contributed by atoms with E-state index in [4.69, 9.17) is 25.2 Å². The number of benzene rings is 2. The number of nitrogens with zero attached hydrogens (tertiary/aromatic N) is 3. The SMILES string of the molecule is CCOc1ccc(C(=O)NC[C@]2(c3ccccc3)CC[C@H](N(C)C(N)=NC#N)CC2)c(OCC)c1OCC. The fraction of sp³-hybridized carbons (Fsp3) is 0.483. The number of nitrogens with one attached hydrogen (secondary N) is 1. The summed E-state index contributed by atoms with van der Waals surface area (Å²) in [5.41, 5.74) is 7.33. The van der Waals surface area contributed by atoms with E-state index in [-0.39, 0.29) is 23.3 Å². The van der Waals surface area contributed by atoms with Crippen LogP contribution in [0.15, 0.2) is 47.5 Å². The van der Waals surface area contributed by atoms with Crippen molar-refractivity contribution >= 4 is 11.9 Å². The number of carbonyl (C=O) groups is 1. The molecule has 38 heavy (non-hydrogen) atoms. The minimum Gasteiger partial charge on any atom is -0.490 e. The molecule has 2 aromatic rings. The average molecular weight is 522 g/mol. The highest BCUT2D eigenvalue weighted by Gasteiger charge is 2.39. The van der Waals surface area contributed by atoms with E-state index < -0.39 is 0 Å². The summed E-state index contributed by atoms with van der Waals surface area (Å²) in [5, 5.41) is 12.1. The smallest absolute Gasteiger partial charge is 0.255 e. The van der Waals surface area contributed by atoms with Crippen LogP contribution in [0.2, 0.25) is 0 Å². The molecule has 0 spiro atoms. The molecule has 3 N–H and O–H groups in total. The fourth-order valence-corrected chi connectivity index (χ4v) is 5.12. The van der Waals surface area contributed by atoms with Crippen LogP contribution in [0.3, 0.4) is 0 Å². The third-order valence-corrected chi connectivity index (χ3v) is 7.16. The third kappa shape index (κ3) is 6.49. The highest BCUT2D eigenvalue weighted by atomic mass is 16.5. The molecule has 3 rings (SSSR count). The standard InChI is InChI=1S/C29H39N5O4/c1-5-36-24-14-13-23(25(37-6-2)26(24)38-7-3)27(35)32-19-29(21-11-9-8-10-12-21)17-15-22(16-18-29)34(4)28(31)33-20-30/h8-14,22H,5-7,15-19H2,1-4H3,(H2,31,33)(H,32,35)/t22-,29-. The van der Waals surface area contributed by atoms with Crippen LogP contribution in [0, 0.1) is 11.5 Å². The molecule has 0 heterocycles. The highest BCUT2D eigenvalue weighted by Crippen LogP contribution is 2.42. The zero-order valence-corrected chi connectivity index (χ0v) is 22.8. The minimum absolute atomic E-state index is 0.170. The molecule has 0 saturated heterocycles. The summed E-state index contributed by atoms with van der Waals surface area (Å²) in [6.07, 6.45) is 5.15. The van der Waals surface area contributed by atoms with E-state index in [0.29, 0.717) is 49.2 Å². The van der Waals surface area contributed by atoms with Crippen LogP contribution in [0.5, 0.6) is 17.2 Å². The Morgan fingerprint density at radius 2 is 1.68 bits per heavy atom. The van der Waals surface area contributed by atoms with Gasteiger partial charge >= 0.3 is 0 Å². The largest absolute Gasteiger partial charge is 0.490 e. The van der Waals surface area contributed by atoms with Crippen LogP contribution in [0.1, 0.15) is 62.4 Å². The van der Waals surface area contributed by atoms with Gasteiger partial charge in [-0.3, -0.25) is 4.79 Å². The lowest BCUT2D eigenvalue weighted by atomic mass is 9.68. The van der Waals surface area contributed by atoms with Crippen molar-refractivity contribution in [3.05, 3.63) is 53.6 Å². The summed E-state index contributed by atoms with van der Waals surface area (Å²) < 4.78 is 17.5. The Morgan fingerprint density at radius 3 is 2.29 bits per heavy atom. The predicted molar refractivity (Wildman–Crippen MR) is 148 cm³/mol. The molecule has 0 aromatic heterocycles. The molecule has 0 unspecified atom stereocenters. The summed E-state index contributed by atoms with van der Waals surface area (Å²) in [7, 11) is 1.87. The molecule has 1 amide bonds. The van der Waals surface area contributed by atoms with Gasteiger partial charge in [0.1, 0.15) is 0 Å². The Kier molecular flexibility index (Phi) is 10.2. The lowest BCUT2D eigenvalue weighted by Gasteiger charge is -2.43. The summed E-state index contributed by atoms with van der Waals surface area (Å²) in [5.74, 6) is 1.39. The molecule has 0 radical (unpaired) electrons. The monoisotopic (exact) mass is 521 g/mol. The van der Waals surface area contributed by atoms with Gasteiger partial charge in [0.05, 0.1) is 25.4 Å². The molecule has 1 aliphatic rings. The molecule has 9 heteroatoms. The maximum atomic E-state index is 13.6. The van der Waals surface area contributed by atoms with Crippen molar-refractivity contribution in [2.24, 2.45) is 10.7 Å². The van der Waals surface area contributed by atoms with Gasteiger partial charge in [-0.25, -0.2) is 0 Å². The molecule has 2 aromatic carbocycles. The van der Waals surface area contributed by atoms with Crippen LogP contribution in [0.4, 0.5) is 0 Å². The molecule has 1 saturated carbocycles. The van der Waals surface area contributed by atoms with Crippen LogP contribution in [-0.2, 0) is 5.41 Å². The second kappa shape index (κ2) is 13.6. The second-order valence-electron chi connectivity index (χ2n) is 9.31. The van der Waals surface area contributed by atoms with Crippen molar-refractivity contribution in [1.29, 1.82) is 5.26 Å². The van der Waals surface area contributed by atoms with E-state index in [1.54, 1.807) is 18.3 Å². The highest BCUT2D eigenvalue weighted by molar-refractivity contribution is 5.98. The Balaban J connectivity index is 1.85. The maximum Gasteiger partial charge on any atom is 0.255 e. The van der Waals surface area contributed by atoms with Gasteiger partial charge in [-0.05, 0) is 64.2 Å². The number of hydrogen-bond donors (Lipinski definition) is 2. The molecule has 0 atom stereocenters. The number of aliphatic imine (C=N–C) groups is 1. The van der Waals surface area contributed by atoms with E-state index in [0.717, 1.165) is 25.7 Å². The third-order valence-electron chi connectivity index (χ3n) is 7.16. The minimum atomic E-state index is -0.241. The Morgan fingerprint density at radius 1 is 1.05 bits per heavy atom. The quantitative estimate of drug-likeness (QED) is 0.258. The van der Waals surface area contributed by atoms with Gasteiger partial charge in [0, 0.05) is 25.0 Å². The van der Waals surface area contributed by atoms with E-state index in [1.165, 1.54) is 5.56 Å². The van der Waals surface area contributed by atoms with Gasteiger partial charge in [0.15, 0.2) is 11.5 Å². The predicted octanol–water partition coefficient (Wildman–Crippen LogP) is 4.22. The molecule has 9 nitrogen and oxygen atoms in total. The number of amides is 1. The zero-order valence-electron chi connectivity index (χ0n) is 22.8. The van der Waals surface area contributed by atoms with Gasteiger partial charge < -0.3 is 30.2 Å². The Hall–Kier alpha value is -3.93. The van der Waals surface area contributed by atoms with Gasteiger partial charge in [-0.15, -0.1) is 4.99 Å². The number of ether oxygens (including phenoxy) is 3. The first kappa shape index (κ1) is 28.6. The summed E-state index contributed by atoms with van der Waals surface area (Å²) >= 11 is 0. The van der Waals surface area contributed by atoms with Gasteiger partial charge in [-0.1, -0.05) is 30.3 Å². The first-order valence-electron chi connectivity index (χ1n) is 13.2. The second-order valence-corrected chi connectivity index (χ2v) is 9.31. The molecule has 0 aliphatic heterocycles. The number of nitrogens with two attached hydrogens (primary N) is 1. The van der Waals surface area contributed by atoms with Gasteiger partial charge in [0.25, 0.3) is 5.91 Å². The topological polar surface area (TPSA) is 122 Å². The van der Waals surface area contributed by atoms with Crippen molar-refractivity contribution in [3.63, 3.8) is 0 Å². The van der Waals surface area contributed by atoms with Crippen molar-refractivity contribution in [1.82, 2.24) is 10.2 Å². The number of guanidine groups is 1. The molecular formula is C29H39N5O4. The van der Waals surface area contributed by atoms with Crippen molar-refractivity contribution in [2.75, 3.05) is 33.4 Å².